The Kier molecular flexibility index (Phi) is 12.6. The van der Waals surface area contributed by atoms with Crippen molar-refractivity contribution >= 4 is 18.7 Å². The van der Waals surface area contributed by atoms with Crippen molar-refractivity contribution in [1.82, 2.24) is 0 Å². The third kappa shape index (κ3) is 9.07. The predicted octanol–water partition coefficient (Wildman–Crippen LogP) is 5.15. The van der Waals surface area contributed by atoms with Crippen molar-refractivity contribution in [2.75, 3.05) is 19.8 Å². The molecule has 4 rings (SSSR count). The fourth-order valence-corrected chi connectivity index (χ4v) is 7.09. The molecule has 1 unspecified atom stereocenters. The molecule has 0 saturated heterocycles. The second kappa shape index (κ2) is 15.6. The van der Waals surface area contributed by atoms with Gasteiger partial charge in [0.2, 0.25) is 0 Å². The van der Waals surface area contributed by atoms with E-state index in [4.69, 9.17) is 13.9 Å². The number of rotatable bonds is 13. The van der Waals surface area contributed by atoms with Gasteiger partial charge in [-0.3, -0.25) is 0 Å². The van der Waals surface area contributed by atoms with Crippen LogP contribution in [0, 0.1) is 51.0 Å². The Balaban J connectivity index is 0.00000400. The normalized spacial score (nSPS) is 11.9. The molecule has 4 nitrogen and oxygen atoms in total. The predicted molar refractivity (Wildman–Crippen MR) is 153 cm³/mol. The van der Waals surface area contributed by atoms with Crippen LogP contribution in [-0.4, -0.2) is 39.3 Å². The minimum atomic E-state index is -2.26. The Morgan fingerprint density at radius 1 is 0.684 bits per heavy atom. The summed E-state index contributed by atoms with van der Waals surface area (Å²) in [5.74, 6) is 1.48. The van der Waals surface area contributed by atoms with Crippen molar-refractivity contribution in [3.8, 4) is 11.5 Å². The molecule has 0 aliphatic carbocycles. The van der Waals surface area contributed by atoms with E-state index < -0.39 is 14.4 Å². The molecule has 0 saturated carbocycles. The van der Waals surface area contributed by atoms with Crippen LogP contribution in [0.5, 0.6) is 11.5 Å². The molecular weight excluding hydrogens is 703 g/mol. The van der Waals surface area contributed by atoms with E-state index in [0.29, 0.717) is 6.61 Å². The van der Waals surface area contributed by atoms with Crippen molar-refractivity contribution in [2.24, 2.45) is 0 Å². The molecule has 195 valence electrons. The number of aliphatic hydroxyl groups excluding tert-OH is 1. The summed E-state index contributed by atoms with van der Waals surface area (Å²) >= 11 is 0. The van der Waals surface area contributed by atoms with E-state index in [2.05, 4.69) is 79.3 Å². The van der Waals surface area contributed by atoms with E-state index in [-0.39, 0.29) is 57.3 Å². The quantitative estimate of drug-likeness (QED) is 0.152. The van der Waals surface area contributed by atoms with Crippen LogP contribution < -0.4 is 19.8 Å². The Morgan fingerprint density at radius 3 is 1.66 bits per heavy atom. The monoisotopic (exact) mass is 739 g/mol. The van der Waals surface area contributed by atoms with Crippen molar-refractivity contribution in [3.05, 3.63) is 120 Å². The maximum atomic E-state index is 10.2. The van der Waals surface area contributed by atoms with Crippen LogP contribution in [0.1, 0.15) is 17.5 Å². The smallest absolute Gasteiger partial charge is 0.252 e. The number of aryl methyl sites for hydroxylation is 2. The first-order valence-electron chi connectivity index (χ1n) is 12.9. The summed E-state index contributed by atoms with van der Waals surface area (Å²) in [5, 5.41) is 12.8. The van der Waals surface area contributed by atoms with Crippen LogP contribution >= 0.6 is 0 Å². The molecule has 0 aliphatic rings. The van der Waals surface area contributed by atoms with Crippen molar-refractivity contribution < 1.29 is 63.1 Å². The van der Waals surface area contributed by atoms with Crippen LogP contribution in [0.2, 0.25) is 6.55 Å². The first-order chi connectivity index (χ1) is 18.0. The topological polar surface area (TPSA) is 47.9 Å². The van der Waals surface area contributed by atoms with Gasteiger partial charge in [-0.1, -0.05) is 90.5 Å². The number of aliphatic hydroxyl groups is 1. The molecule has 4 aromatic carbocycles. The maximum Gasteiger partial charge on any atom is 0.252 e. The summed E-state index contributed by atoms with van der Waals surface area (Å²) in [6, 6.07) is 37.0. The van der Waals surface area contributed by atoms with Gasteiger partial charge in [-0.05, 0) is 66.5 Å². The Labute approximate surface area is 263 Å². The summed E-state index contributed by atoms with van der Waals surface area (Å²) < 4.78 is 18.0. The third-order valence-corrected chi connectivity index (χ3v) is 10.1. The van der Waals surface area contributed by atoms with E-state index in [1.165, 1.54) is 21.5 Å². The average molecular weight is 740 g/mol. The van der Waals surface area contributed by atoms with Gasteiger partial charge in [0.15, 0.2) is 0 Å². The van der Waals surface area contributed by atoms with Gasteiger partial charge >= 0.3 is 0 Å². The van der Waals surface area contributed by atoms with E-state index in [1.807, 2.05) is 43.3 Å². The van der Waals surface area contributed by atoms with Gasteiger partial charge < -0.3 is 19.0 Å². The molecule has 0 aromatic heterocycles. The second-order valence-electron chi connectivity index (χ2n) is 9.45. The molecule has 0 amide bonds. The van der Waals surface area contributed by atoms with Crippen LogP contribution in [0.15, 0.2) is 109 Å². The fourth-order valence-electron chi connectivity index (χ4n) is 4.22. The molecule has 0 spiro atoms. The molecule has 0 bridgehead atoms. The van der Waals surface area contributed by atoms with E-state index in [0.717, 1.165) is 24.3 Å². The van der Waals surface area contributed by atoms with Crippen molar-refractivity contribution in [1.29, 1.82) is 0 Å². The van der Waals surface area contributed by atoms with Crippen LogP contribution in [0.4, 0.5) is 0 Å². The van der Waals surface area contributed by atoms with E-state index in [1.54, 1.807) is 0 Å². The minimum Gasteiger partial charge on any atom is -0.491 e. The summed E-state index contributed by atoms with van der Waals surface area (Å²) in [6.45, 7) is 5.39. The summed E-state index contributed by atoms with van der Waals surface area (Å²) in [6.07, 6.45) is 1.17. The summed E-state index contributed by atoms with van der Waals surface area (Å²) in [4.78, 5) is 0. The Hall–Kier alpha value is -1.94. The zero-order valence-corrected chi connectivity index (χ0v) is 28.0. The average Bonchev–Trinajstić information content (AvgIpc) is 2.95. The first-order valence-corrected chi connectivity index (χ1v) is 15.3. The number of hydrogen-bond acceptors (Lipinski definition) is 4. The zero-order valence-electron chi connectivity index (χ0n) is 22.3. The van der Waals surface area contributed by atoms with Gasteiger partial charge in [-0.2, -0.15) is 0 Å². The molecule has 4 aromatic rings. The molecule has 38 heavy (non-hydrogen) atoms. The van der Waals surface area contributed by atoms with Crippen molar-refractivity contribution in [3.63, 3.8) is 0 Å². The van der Waals surface area contributed by atoms with E-state index >= 15 is 0 Å². The summed E-state index contributed by atoms with van der Waals surface area (Å²) in [5.41, 5.74) is 2.41. The number of hydrogen-bond donors (Lipinski definition) is 1. The van der Waals surface area contributed by atoms with Gasteiger partial charge in [0.25, 0.3) is 8.32 Å². The molecule has 0 heterocycles. The molecule has 1 N–H and O–H groups in total. The SMILES string of the molecule is Cc1ccc(OCC(O)COc2ccc(CCCO[Si](C)(c3ccccc3)c3ccccc3)cc2)cc1.[Ac]. The second-order valence-corrected chi connectivity index (χ2v) is 13.0. The molecule has 6 heteroatoms. The summed E-state index contributed by atoms with van der Waals surface area (Å²) in [7, 11) is -2.26. The van der Waals surface area contributed by atoms with Crippen LogP contribution in [-0.2, 0) is 10.8 Å². The number of benzene rings is 4. The molecule has 0 fully saturated rings. The largest absolute Gasteiger partial charge is 0.491 e. The standard InChI is InChI=1S/C32H36O4Si.Ac/c1-26-15-19-29(20-16-26)34-24-28(33)25-35-30-21-17-27(18-22-30)10-9-23-36-37(2,31-11-5-3-6-12-31)32-13-7-4-8-14-32;/h3-8,11-22,28,33H,9-10,23-25H2,1-2H3;. The van der Waals surface area contributed by atoms with Gasteiger partial charge in [0.1, 0.15) is 30.8 Å². The van der Waals surface area contributed by atoms with Gasteiger partial charge in [-0.15, -0.1) is 0 Å². The Bertz CT molecular complexity index is 1160. The number of ether oxygens (including phenoxy) is 2. The molecular formula is C32H36AcO4Si. The van der Waals surface area contributed by atoms with Gasteiger partial charge in [0.05, 0.1) is 0 Å². The fraction of sp³-hybridized carbons (Fsp3) is 0.250. The first kappa shape index (κ1) is 30.6. The van der Waals surface area contributed by atoms with Gasteiger partial charge in [0, 0.05) is 50.7 Å². The maximum absolute atomic E-state index is 10.2. The minimum absolute atomic E-state index is 0. The van der Waals surface area contributed by atoms with Crippen LogP contribution in [0.3, 0.4) is 0 Å². The molecule has 1 radical (unpaired) electrons. The molecule has 0 aliphatic heterocycles. The van der Waals surface area contributed by atoms with Gasteiger partial charge in [-0.25, -0.2) is 0 Å². The van der Waals surface area contributed by atoms with E-state index in [9.17, 15) is 5.11 Å². The zero-order chi connectivity index (χ0) is 25.9. The third-order valence-electron chi connectivity index (χ3n) is 6.48. The molecule has 1 atom stereocenters. The Morgan fingerprint density at radius 2 is 1.16 bits per heavy atom. The van der Waals surface area contributed by atoms with Crippen molar-refractivity contribution in [2.45, 2.75) is 32.4 Å². The van der Waals surface area contributed by atoms with Crippen LogP contribution in [0.25, 0.3) is 0 Å².